The van der Waals surface area contributed by atoms with Crippen molar-refractivity contribution in [3.8, 4) is 5.75 Å². The zero-order valence-corrected chi connectivity index (χ0v) is 14.9. The van der Waals surface area contributed by atoms with Gasteiger partial charge in [0.15, 0.2) is 6.10 Å². The number of ether oxygens (including phenoxy) is 1. The number of carbonyl (C=O) groups is 3. The van der Waals surface area contributed by atoms with E-state index < -0.39 is 12.1 Å². The minimum Gasteiger partial charge on any atom is -0.479 e. The lowest BCUT2D eigenvalue weighted by molar-refractivity contribution is -0.128. The molecule has 0 saturated carbocycles. The van der Waals surface area contributed by atoms with Gasteiger partial charge in [-0.05, 0) is 51.1 Å². The van der Waals surface area contributed by atoms with Crippen LogP contribution in [0.5, 0.6) is 5.75 Å². The van der Waals surface area contributed by atoms with Gasteiger partial charge in [0.2, 0.25) is 5.91 Å². The number of benzene rings is 2. The summed E-state index contributed by atoms with van der Waals surface area (Å²) in [6, 6.07) is 11.5. The molecule has 2 amide bonds. The van der Waals surface area contributed by atoms with Gasteiger partial charge >= 0.3 is 0 Å². The van der Waals surface area contributed by atoms with Crippen LogP contribution in [-0.2, 0) is 9.59 Å². The molecule has 1 N–H and O–H groups in total. The van der Waals surface area contributed by atoms with Crippen LogP contribution in [-0.4, -0.2) is 30.2 Å². The number of amides is 2. The van der Waals surface area contributed by atoms with E-state index in [9.17, 15) is 14.4 Å². The average Bonchev–Trinajstić information content (AvgIpc) is 2.64. The lowest BCUT2D eigenvalue weighted by Gasteiger charge is -2.36. The van der Waals surface area contributed by atoms with E-state index in [2.05, 4.69) is 5.32 Å². The maximum atomic E-state index is 12.7. The largest absolute Gasteiger partial charge is 0.479 e. The van der Waals surface area contributed by atoms with Crippen molar-refractivity contribution >= 4 is 29.5 Å². The molecule has 0 aliphatic carbocycles. The second-order valence-electron chi connectivity index (χ2n) is 6.34. The van der Waals surface area contributed by atoms with Crippen molar-refractivity contribution in [1.29, 1.82) is 0 Å². The van der Waals surface area contributed by atoms with Gasteiger partial charge in [0.1, 0.15) is 18.1 Å². The van der Waals surface area contributed by atoms with Gasteiger partial charge in [0.05, 0.1) is 5.69 Å². The molecule has 1 heterocycles. The monoisotopic (exact) mass is 352 g/mol. The normalized spacial score (nSPS) is 17.1. The molecule has 0 fully saturated rings. The van der Waals surface area contributed by atoms with Crippen molar-refractivity contribution in [2.45, 2.75) is 32.9 Å². The van der Waals surface area contributed by atoms with Crippen LogP contribution in [0.25, 0.3) is 0 Å². The van der Waals surface area contributed by atoms with Crippen molar-refractivity contribution < 1.29 is 19.1 Å². The molecule has 26 heavy (non-hydrogen) atoms. The first-order valence-electron chi connectivity index (χ1n) is 8.37. The van der Waals surface area contributed by atoms with E-state index in [1.165, 1.54) is 4.90 Å². The standard InChI is InChI=1S/C20H20N2O4/c1-12-4-7-16(8-5-12)21-19(24)13(2)22-17-10-15(11-23)6-9-18(17)26-14(3)20(22)25/h4-11,13-14H,1-3H3,(H,21,24). The van der Waals surface area contributed by atoms with Crippen molar-refractivity contribution in [2.24, 2.45) is 0 Å². The van der Waals surface area contributed by atoms with Gasteiger partial charge in [-0.1, -0.05) is 17.7 Å². The smallest absolute Gasteiger partial charge is 0.268 e. The van der Waals surface area contributed by atoms with E-state index in [1.807, 2.05) is 31.2 Å². The Morgan fingerprint density at radius 1 is 1.23 bits per heavy atom. The fourth-order valence-corrected chi connectivity index (χ4v) is 2.85. The Labute approximate surface area is 151 Å². The van der Waals surface area contributed by atoms with Crippen molar-refractivity contribution in [3.63, 3.8) is 0 Å². The van der Waals surface area contributed by atoms with E-state index in [-0.39, 0.29) is 11.8 Å². The number of anilines is 2. The first-order chi connectivity index (χ1) is 12.4. The van der Waals surface area contributed by atoms with Gasteiger partial charge in [-0.2, -0.15) is 0 Å². The van der Waals surface area contributed by atoms with Gasteiger partial charge in [0, 0.05) is 11.3 Å². The summed E-state index contributed by atoms with van der Waals surface area (Å²) in [5.41, 5.74) is 2.57. The molecule has 2 aromatic carbocycles. The number of fused-ring (bicyclic) bond motifs is 1. The van der Waals surface area contributed by atoms with Crippen LogP contribution in [0.1, 0.15) is 29.8 Å². The van der Waals surface area contributed by atoms with Crippen LogP contribution in [0.4, 0.5) is 11.4 Å². The number of carbonyl (C=O) groups excluding carboxylic acids is 3. The van der Waals surface area contributed by atoms with Crippen LogP contribution < -0.4 is 15.0 Å². The Bertz CT molecular complexity index is 861. The molecule has 6 nitrogen and oxygen atoms in total. The quantitative estimate of drug-likeness (QED) is 0.859. The number of nitrogens with zero attached hydrogens (tertiary/aromatic N) is 1. The van der Waals surface area contributed by atoms with E-state index in [4.69, 9.17) is 4.74 Å². The molecule has 0 spiro atoms. The van der Waals surface area contributed by atoms with E-state index >= 15 is 0 Å². The first kappa shape index (κ1) is 17.7. The molecule has 3 rings (SSSR count). The van der Waals surface area contributed by atoms with Crippen LogP contribution >= 0.6 is 0 Å². The molecular formula is C20H20N2O4. The van der Waals surface area contributed by atoms with Crippen molar-refractivity contribution in [1.82, 2.24) is 0 Å². The second kappa shape index (κ2) is 7.00. The van der Waals surface area contributed by atoms with Gasteiger partial charge in [-0.25, -0.2) is 0 Å². The predicted octanol–water partition coefficient (Wildman–Crippen LogP) is 2.95. The SMILES string of the molecule is Cc1ccc(NC(=O)C(C)N2C(=O)C(C)Oc3ccc(C=O)cc32)cc1. The Balaban J connectivity index is 1.90. The molecule has 2 atom stereocenters. The first-order valence-corrected chi connectivity index (χ1v) is 8.37. The molecular weight excluding hydrogens is 332 g/mol. The fraction of sp³-hybridized carbons (Fsp3) is 0.250. The number of hydrogen-bond acceptors (Lipinski definition) is 4. The number of aldehydes is 1. The Morgan fingerprint density at radius 2 is 1.92 bits per heavy atom. The summed E-state index contributed by atoms with van der Waals surface area (Å²) in [6.07, 6.45) is -0.0166. The van der Waals surface area contributed by atoms with Gasteiger partial charge < -0.3 is 10.1 Å². The van der Waals surface area contributed by atoms with Gasteiger partial charge in [-0.15, -0.1) is 0 Å². The Kier molecular flexibility index (Phi) is 4.75. The number of rotatable bonds is 4. The third-order valence-electron chi connectivity index (χ3n) is 4.35. The molecule has 1 aliphatic heterocycles. The van der Waals surface area contributed by atoms with E-state index in [0.717, 1.165) is 5.56 Å². The molecule has 1 aliphatic rings. The summed E-state index contributed by atoms with van der Waals surface area (Å²) >= 11 is 0. The summed E-state index contributed by atoms with van der Waals surface area (Å²) in [5.74, 6) is -0.177. The summed E-state index contributed by atoms with van der Waals surface area (Å²) in [4.78, 5) is 37.8. The summed E-state index contributed by atoms with van der Waals surface area (Å²) in [5, 5.41) is 2.82. The zero-order valence-electron chi connectivity index (χ0n) is 14.9. The highest BCUT2D eigenvalue weighted by atomic mass is 16.5. The number of hydrogen-bond donors (Lipinski definition) is 1. The topological polar surface area (TPSA) is 75.7 Å². The molecule has 2 unspecified atom stereocenters. The van der Waals surface area contributed by atoms with Crippen LogP contribution in [0.15, 0.2) is 42.5 Å². The van der Waals surface area contributed by atoms with Crippen molar-refractivity contribution in [2.75, 3.05) is 10.2 Å². The maximum absolute atomic E-state index is 12.7. The molecule has 0 aromatic heterocycles. The number of aryl methyl sites for hydroxylation is 1. The predicted molar refractivity (Wildman–Crippen MR) is 98.7 cm³/mol. The average molecular weight is 352 g/mol. The maximum Gasteiger partial charge on any atom is 0.268 e. The van der Waals surface area contributed by atoms with Crippen molar-refractivity contribution in [3.05, 3.63) is 53.6 Å². The third kappa shape index (κ3) is 3.31. The minimum atomic E-state index is -0.768. The lowest BCUT2D eigenvalue weighted by atomic mass is 10.1. The molecule has 0 radical (unpaired) electrons. The molecule has 0 bridgehead atoms. The lowest BCUT2D eigenvalue weighted by Crippen LogP contribution is -2.52. The van der Waals surface area contributed by atoms with E-state index in [1.54, 1.807) is 32.0 Å². The summed E-state index contributed by atoms with van der Waals surface area (Å²) in [6.45, 7) is 5.25. The van der Waals surface area contributed by atoms with Crippen LogP contribution in [0.3, 0.4) is 0 Å². The minimum absolute atomic E-state index is 0.321. The Hall–Kier alpha value is -3.15. The highest BCUT2D eigenvalue weighted by Gasteiger charge is 2.37. The zero-order chi connectivity index (χ0) is 18.8. The third-order valence-corrected chi connectivity index (χ3v) is 4.35. The summed E-state index contributed by atoms with van der Waals surface area (Å²) in [7, 11) is 0. The highest BCUT2D eigenvalue weighted by molar-refractivity contribution is 6.08. The second-order valence-corrected chi connectivity index (χ2v) is 6.34. The van der Waals surface area contributed by atoms with Crippen LogP contribution in [0.2, 0.25) is 0 Å². The van der Waals surface area contributed by atoms with Gasteiger partial charge in [0.25, 0.3) is 5.91 Å². The van der Waals surface area contributed by atoms with E-state index in [0.29, 0.717) is 29.0 Å². The number of nitrogens with one attached hydrogen (secondary N) is 1. The highest BCUT2D eigenvalue weighted by Crippen LogP contribution is 2.36. The fourth-order valence-electron chi connectivity index (χ4n) is 2.85. The molecule has 134 valence electrons. The summed E-state index contributed by atoms with van der Waals surface area (Å²) < 4.78 is 5.60. The molecule has 2 aromatic rings. The van der Waals surface area contributed by atoms with Crippen LogP contribution in [0, 0.1) is 6.92 Å². The molecule has 0 saturated heterocycles. The van der Waals surface area contributed by atoms with Gasteiger partial charge in [-0.3, -0.25) is 19.3 Å². The molecule has 6 heteroatoms. The Morgan fingerprint density at radius 3 is 2.58 bits per heavy atom.